The number of nitro benzene ring substituents is 1. The number of carbonyl (C=O) groups excluding carboxylic acids is 1. The second-order valence-electron chi connectivity index (χ2n) is 3.95. The molecule has 0 radical (unpaired) electrons. The summed E-state index contributed by atoms with van der Waals surface area (Å²) in [5.74, 6) is 0.141. The van der Waals surface area contributed by atoms with Gasteiger partial charge in [0, 0.05) is 24.3 Å². The van der Waals surface area contributed by atoms with Crippen molar-refractivity contribution >= 4 is 29.9 Å². The number of benzene rings is 1. The zero-order valence-electron chi connectivity index (χ0n) is 9.70. The predicted octanol–water partition coefficient (Wildman–Crippen LogP) is 1.64. The Labute approximate surface area is 109 Å². The summed E-state index contributed by atoms with van der Waals surface area (Å²) in [6.45, 7) is 0.350. The molecule has 1 heterocycles. The smallest absolute Gasteiger partial charge is 0.296 e. The van der Waals surface area contributed by atoms with Crippen molar-refractivity contribution < 1.29 is 14.5 Å². The summed E-state index contributed by atoms with van der Waals surface area (Å²) >= 11 is 4.24. The Morgan fingerprint density at radius 3 is 2.78 bits per heavy atom. The average molecular weight is 268 g/mol. The Morgan fingerprint density at radius 2 is 2.28 bits per heavy atom. The summed E-state index contributed by atoms with van der Waals surface area (Å²) in [7, 11) is 1.42. The van der Waals surface area contributed by atoms with Crippen molar-refractivity contribution in [2.75, 3.05) is 18.6 Å². The molecule has 18 heavy (non-hydrogen) atoms. The monoisotopic (exact) mass is 268 g/mol. The number of ether oxygens (including phenoxy) is 1. The summed E-state index contributed by atoms with van der Waals surface area (Å²) in [4.78, 5) is 23.7. The van der Waals surface area contributed by atoms with Crippen LogP contribution in [0.15, 0.2) is 18.2 Å². The Balaban J connectivity index is 2.54. The molecule has 7 heteroatoms. The van der Waals surface area contributed by atoms with Gasteiger partial charge in [0.15, 0.2) is 5.69 Å². The van der Waals surface area contributed by atoms with Crippen molar-refractivity contribution in [3.63, 3.8) is 0 Å². The number of methoxy groups -OCH3 is 1. The number of rotatable bonds is 3. The molecule has 1 aromatic rings. The van der Waals surface area contributed by atoms with Crippen molar-refractivity contribution in [1.82, 2.24) is 0 Å². The lowest BCUT2D eigenvalue weighted by Crippen LogP contribution is -2.26. The Kier molecular flexibility index (Phi) is 3.42. The van der Waals surface area contributed by atoms with Crippen LogP contribution in [0.1, 0.15) is 6.42 Å². The number of anilines is 1. The largest absolute Gasteiger partial charge is 0.494 e. The average Bonchev–Trinajstić information content (AvgIpc) is 2.67. The molecule has 1 unspecified atom stereocenters. The van der Waals surface area contributed by atoms with Gasteiger partial charge in [-0.15, -0.1) is 0 Å². The van der Waals surface area contributed by atoms with E-state index in [0.717, 1.165) is 0 Å². The van der Waals surface area contributed by atoms with Gasteiger partial charge in [-0.1, -0.05) is 6.07 Å². The van der Waals surface area contributed by atoms with Gasteiger partial charge in [-0.05, 0) is 6.07 Å². The van der Waals surface area contributed by atoms with Gasteiger partial charge in [0.25, 0.3) is 5.69 Å². The van der Waals surface area contributed by atoms with Gasteiger partial charge in [-0.3, -0.25) is 14.9 Å². The number of hydrogen-bond acceptors (Lipinski definition) is 5. The van der Waals surface area contributed by atoms with Crippen molar-refractivity contribution in [1.29, 1.82) is 0 Å². The van der Waals surface area contributed by atoms with Crippen molar-refractivity contribution in [3.05, 3.63) is 28.3 Å². The number of carbonyl (C=O) groups is 1. The van der Waals surface area contributed by atoms with Crippen LogP contribution in [-0.4, -0.2) is 29.7 Å². The molecular weight excluding hydrogens is 256 g/mol. The molecule has 1 aliphatic heterocycles. The van der Waals surface area contributed by atoms with E-state index in [1.54, 1.807) is 6.07 Å². The van der Waals surface area contributed by atoms with Crippen LogP contribution in [0.25, 0.3) is 0 Å². The lowest BCUT2D eigenvalue weighted by atomic mass is 10.2. The number of amides is 1. The Hall–Kier alpha value is -1.76. The van der Waals surface area contributed by atoms with E-state index < -0.39 is 4.92 Å². The first-order valence-corrected chi connectivity index (χ1v) is 5.86. The summed E-state index contributed by atoms with van der Waals surface area (Å²) in [5, 5.41) is 10.9. The van der Waals surface area contributed by atoms with Gasteiger partial charge in [0.2, 0.25) is 5.91 Å². The quantitative estimate of drug-likeness (QED) is 0.514. The minimum Gasteiger partial charge on any atom is -0.494 e. The fourth-order valence-corrected chi connectivity index (χ4v) is 2.32. The maximum atomic E-state index is 11.8. The van der Waals surface area contributed by atoms with Crippen LogP contribution in [0.2, 0.25) is 0 Å². The second kappa shape index (κ2) is 4.85. The molecule has 1 saturated heterocycles. The fraction of sp³-hybridized carbons (Fsp3) is 0.364. The lowest BCUT2D eigenvalue weighted by molar-refractivity contribution is -0.384. The number of nitrogens with zero attached hydrogens (tertiary/aromatic N) is 2. The van der Waals surface area contributed by atoms with Crippen LogP contribution in [0.3, 0.4) is 0 Å². The van der Waals surface area contributed by atoms with E-state index in [2.05, 4.69) is 12.6 Å². The van der Waals surface area contributed by atoms with E-state index in [4.69, 9.17) is 4.74 Å². The highest BCUT2D eigenvalue weighted by Crippen LogP contribution is 2.39. The van der Waals surface area contributed by atoms with Gasteiger partial charge < -0.3 is 9.64 Å². The summed E-state index contributed by atoms with van der Waals surface area (Å²) in [6.07, 6.45) is 0.276. The first kappa shape index (κ1) is 12.7. The van der Waals surface area contributed by atoms with Crippen LogP contribution < -0.4 is 9.64 Å². The van der Waals surface area contributed by atoms with E-state index in [1.165, 1.54) is 24.1 Å². The van der Waals surface area contributed by atoms with E-state index in [1.807, 2.05) is 0 Å². The Morgan fingerprint density at radius 1 is 1.56 bits per heavy atom. The van der Waals surface area contributed by atoms with E-state index >= 15 is 0 Å². The predicted molar refractivity (Wildman–Crippen MR) is 69.4 cm³/mol. The first-order valence-electron chi connectivity index (χ1n) is 5.34. The Bertz CT molecular complexity index is 506. The maximum Gasteiger partial charge on any atom is 0.296 e. The number of nitro groups is 1. The fourth-order valence-electron chi connectivity index (χ4n) is 2.00. The standard InChI is InChI=1S/C11H12N2O4S/c1-17-9-4-2-3-8(13(15)16)11(9)12-6-7(18)5-10(12)14/h2-4,7,18H,5-6H2,1H3. The highest BCUT2D eigenvalue weighted by atomic mass is 32.1. The molecule has 1 amide bonds. The van der Waals surface area contributed by atoms with Gasteiger partial charge in [0.1, 0.15) is 5.75 Å². The van der Waals surface area contributed by atoms with Crippen LogP contribution in [0.4, 0.5) is 11.4 Å². The van der Waals surface area contributed by atoms with Gasteiger partial charge >= 0.3 is 0 Å². The molecule has 0 saturated carbocycles. The molecule has 2 rings (SSSR count). The molecule has 0 aromatic heterocycles. The van der Waals surface area contributed by atoms with Gasteiger partial charge in [-0.2, -0.15) is 12.6 Å². The first-order chi connectivity index (χ1) is 8.54. The van der Waals surface area contributed by atoms with Gasteiger partial charge in [0.05, 0.1) is 12.0 Å². The normalized spacial score (nSPS) is 19.1. The topological polar surface area (TPSA) is 72.7 Å². The third kappa shape index (κ3) is 2.13. The molecule has 1 fully saturated rings. The number of thiol groups is 1. The van der Waals surface area contributed by atoms with Crippen LogP contribution >= 0.6 is 12.6 Å². The molecule has 1 aliphatic rings. The van der Waals surface area contributed by atoms with Crippen molar-refractivity contribution in [2.24, 2.45) is 0 Å². The van der Waals surface area contributed by atoms with E-state index in [0.29, 0.717) is 12.3 Å². The summed E-state index contributed by atoms with van der Waals surface area (Å²) in [6, 6.07) is 4.48. The maximum absolute atomic E-state index is 11.8. The van der Waals surface area contributed by atoms with Crippen molar-refractivity contribution in [3.8, 4) is 5.75 Å². The zero-order valence-corrected chi connectivity index (χ0v) is 10.6. The lowest BCUT2D eigenvalue weighted by Gasteiger charge is -2.18. The number of hydrogen-bond donors (Lipinski definition) is 1. The van der Waals surface area contributed by atoms with Crippen molar-refractivity contribution in [2.45, 2.75) is 11.7 Å². The summed E-state index contributed by atoms with van der Waals surface area (Å²) < 4.78 is 5.11. The molecule has 0 N–H and O–H groups in total. The molecule has 6 nitrogen and oxygen atoms in total. The minimum atomic E-state index is -0.517. The highest BCUT2D eigenvalue weighted by Gasteiger charge is 2.34. The number of para-hydroxylation sites is 1. The molecule has 0 bridgehead atoms. The summed E-state index contributed by atoms with van der Waals surface area (Å²) in [5.41, 5.74) is 0.0803. The van der Waals surface area contributed by atoms with Crippen LogP contribution in [0, 0.1) is 10.1 Å². The SMILES string of the molecule is COc1cccc([N+](=O)[O-])c1N1CC(S)CC1=O. The second-order valence-corrected chi connectivity index (χ2v) is 4.68. The molecule has 0 aliphatic carbocycles. The molecular formula is C11H12N2O4S. The molecule has 1 aromatic carbocycles. The molecule has 1 atom stereocenters. The third-order valence-corrected chi connectivity index (χ3v) is 3.11. The minimum absolute atomic E-state index is 0.109. The highest BCUT2D eigenvalue weighted by molar-refractivity contribution is 7.81. The van der Waals surface area contributed by atoms with E-state index in [9.17, 15) is 14.9 Å². The zero-order chi connectivity index (χ0) is 13.3. The van der Waals surface area contributed by atoms with Crippen LogP contribution in [-0.2, 0) is 4.79 Å². The van der Waals surface area contributed by atoms with Crippen LogP contribution in [0.5, 0.6) is 5.75 Å². The molecule has 96 valence electrons. The van der Waals surface area contributed by atoms with E-state index in [-0.39, 0.29) is 29.0 Å². The third-order valence-electron chi connectivity index (χ3n) is 2.77. The van der Waals surface area contributed by atoms with Gasteiger partial charge in [-0.25, -0.2) is 0 Å². The molecule has 0 spiro atoms.